The minimum atomic E-state index is 0.552. The molecule has 0 saturated heterocycles. The van der Waals surface area contributed by atoms with Crippen molar-refractivity contribution in [3.8, 4) is 101 Å². The molecule has 0 fully saturated rings. The fraction of sp³-hybridized carbons (Fsp3) is 0. The van der Waals surface area contributed by atoms with Crippen molar-refractivity contribution in [1.29, 1.82) is 0 Å². The highest BCUT2D eigenvalue weighted by Gasteiger charge is 2.17. The first-order valence-corrected chi connectivity index (χ1v) is 31.7. The molecule has 0 amide bonds. The van der Waals surface area contributed by atoms with Gasteiger partial charge in [-0.25, -0.2) is 29.9 Å². The summed E-state index contributed by atoms with van der Waals surface area (Å²) in [6.07, 6.45) is 0. The second-order valence-corrected chi connectivity index (χ2v) is 23.5. The molecule has 0 aliphatic rings. The number of rotatable bonds is 9. The second kappa shape index (κ2) is 26.1. The van der Waals surface area contributed by atoms with E-state index >= 15 is 0 Å². The predicted octanol–water partition coefficient (Wildman–Crippen LogP) is 22.9. The molecular formula is C80H51Br3N6O. The molecule has 10 heteroatoms. The molecule has 4 heterocycles. The van der Waals surface area contributed by atoms with E-state index in [1.807, 2.05) is 91.0 Å². The molecule has 0 saturated carbocycles. The zero-order valence-corrected chi connectivity index (χ0v) is 52.9. The first-order chi connectivity index (χ1) is 44.3. The third-order valence-electron chi connectivity index (χ3n) is 15.7. The largest absolute Gasteiger partial charge is 0.455 e. The smallest absolute Gasteiger partial charge is 0.197 e. The zero-order chi connectivity index (χ0) is 60.8. The fourth-order valence-corrected chi connectivity index (χ4v) is 12.6. The highest BCUT2D eigenvalue weighted by Crippen LogP contribution is 2.39. The van der Waals surface area contributed by atoms with E-state index in [9.17, 15) is 0 Å². The van der Waals surface area contributed by atoms with Gasteiger partial charge < -0.3 is 4.42 Å². The number of benzene rings is 12. The lowest BCUT2D eigenvalue weighted by Crippen LogP contribution is -1.93. The van der Waals surface area contributed by atoms with Crippen LogP contribution in [0.4, 0.5) is 0 Å². The van der Waals surface area contributed by atoms with Crippen LogP contribution in [0.3, 0.4) is 0 Å². The Bertz CT molecular complexity index is 5160. The minimum Gasteiger partial charge on any atom is -0.455 e. The minimum absolute atomic E-state index is 0.552. The molecule has 7 nitrogen and oxygen atoms in total. The van der Waals surface area contributed by atoms with Gasteiger partial charge in [0.05, 0.1) is 34.2 Å². The van der Waals surface area contributed by atoms with Crippen molar-refractivity contribution in [2.24, 2.45) is 0 Å². The van der Waals surface area contributed by atoms with Gasteiger partial charge in [0.1, 0.15) is 11.2 Å². The molecule has 4 aromatic heterocycles. The van der Waals surface area contributed by atoms with Gasteiger partial charge in [-0.2, -0.15) is 0 Å². The molecule has 428 valence electrons. The topological polar surface area (TPSA) is 90.5 Å². The van der Waals surface area contributed by atoms with Gasteiger partial charge in [0, 0.05) is 44.2 Å². The van der Waals surface area contributed by atoms with Gasteiger partial charge in [-0.3, -0.25) is 0 Å². The average Bonchev–Trinajstić information content (AvgIpc) is 2.55. The zero-order valence-electron chi connectivity index (χ0n) is 48.2. The summed E-state index contributed by atoms with van der Waals surface area (Å²) in [5.41, 5.74) is 20.4. The molecule has 0 radical (unpaired) electrons. The summed E-state index contributed by atoms with van der Waals surface area (Å²) in [6.45, 7) is 0. The Morgan fingerprint density at radius 1 is 0.211 bits per heavy atom. The summed E-state index contributed by atoms with van der Waals surface area (Å²) in [5.74, 6) is 0. The van der Waals surface area contributed by atoms with E-state index in [4.69, 9.17) is 9.40 Å². The van der Waals surface area contributed by atoms with Crippen LogP contribution in [0.1, 0.15) is 0 Å². The first-order valence-electron chi connectivity index (χ1n) is 29.3. The molecule has 16 rings (SSSR count). The molecule has 0 spiro atoms. The van der Waals surface area contributed by atoms with Crippen LogP contribution >= 0.6 is 47.8 Å². The van der Waals surface area contributed by atoms with Crippen LogP contribution in [0.5, 0.6) is 0 Å². The summed E-state index contributed by atoms with van der Waals surface area (Å²) >= 11 is 10.5. The molecule has 12 aromatic carbocycles. The van der Waals surface area contributed by atoms with E-state index < -0.39 is 0 Å². The maximum atomic E-state index is 6.22. The van der Waals surface area contributed by atoms with Crippen LogP contribution in [0.25, 0.3) is 144 Å². The number of halogens is 3. The molecule has 0 N–H and O–H groups in total. The Hall–Kier alpha value is -10.4. The summed E-state index contributed by atoms with van der Waals surface area (Å²) in [5, 5.41) is 7.06. The average molecular weight is 1350 g/mol. The number of fused-ring (bicyclic) bond motifs is 5. The molecule has 0 aliphatic carbocycles. The number of para-hydroxylation sites is 2. The van der Waals surface area contributed by atoms with Crippen LogP contribution in [-0.2, 0) is 0 Å². The second-order valence-electron chi connectivity index (χ2n) is 21.4. The van der Waals surface area contributed by atoms with Crippen LogP contribution in [0, 0.1) is 0 Å². The van der Waals surface area contributed by atoms with Gasteiger partial charge >= 0.3 is 0 Å². The summed E-state index contributed by atoms with van der Waals surface area (Å²) in [6, 6.07) is 106. The Labute approximate surface area is 546 Å². The maximum absolute atomic E-state index is 6.22. The monoisotopic (exact) mass is 1350 g/mol. The Morgan fingerprint density at radius 3 is 1.08 bits per heavy atom. The lowest BCUT2D eigenvalue weighted by atomic mass is 9.94. The Morgan fingerprint density at radius 2 is 0.544 bits per heavy atom. The van der Waals surface area contributed by atoms with Gasteiger partial charge in [-0.05, 0) is 151 Å². The maximum Gasteiger partial charge on any atom is 0.197 e. The third-order valence-corrected chi connectivity index (χ3v) is 16.8. The normalized spacial score (nSPS) is 11.1. The van der Waals surface area contributed by atoms with E-state index in [1.165, 1.54) is 43.8 Å². The van der Waals surface area contributed by atoms with Gasteiger partial charge in [0.25, 0.3) is 0 Å². The van der Waals surface area contributed by atoms with Gasteiger partial charge in [-0.1, -0.05) is 261 Å². The Kier molecular flexibility index (Phi) is 16.7. The molecule has 16 aromatic rings. The molecule has 0 atom stereocenters. The van der Waals surface area contributed by atoms with Gasteiger partial charge in [-0.15, -0.1) is 0 Å². The molecular weight excluding hydrogens is 1300 g/mol. The highest BCUT2D eigenvalue weighted by molar-refractivity contribution is 9.10. The number of furan rings is 1. The van der Waals surface area contributed by atoms with Crippen molar-refractivity contribution in [3.63, 3.8) is 0 Å². The summed E-state index contributed by atoms with van der Waals surface area (Å²) < 4.78 is 7.94. The molecule has 0 bridgehead atoms. The van der Waals surface area contributed by atoms with Gasteiger partial charge in [0.15, 0.2) is 14.2 Å². The van der Waals surface area contributed by atoms with E-state index in [0.717, 1.165) is 101 Å². The number of nitrogens with zero attached hydrogens (tertiary/aromatic N) is 6. The van der Waals surface area contributed by atoms with Crippen molar-refractivity contribution in [2.75, 3.05) is 0 Å². The number of hydrogen-bond acceptors (Lipinski definition) is 7. The fourth-order valence-electron chi connectivity index (χ4n) is 11.4. The van der Waals surface area contributed by atoms with Crippen molar-refractivity contribution in [2.45, 2.75) is 0 Å². The molecule has 0 aliphatic heterocycles. The van der Waals surface area contributed by atoms with Crippen molar-refractivity contribution in [3.05, 3.63) is 324 Å². The van der Waals surface area contributed by atoms with E-state index in [0.29, 0.717) is 14.2 Å². The standard InChI is InChI=1S/C28H19BrN2.C26H15BrN2O.C26H17BrN2/c29-28-30-26(22-14-8-3-9-15-22)19-27(31-28)25-17-23(20-10-4-1-5-11-20)16-24(18-25)21-12-6-2-7-13-21;27-26-28-22(18-11-5-8-16-7-1-2-9-17(16)18)15-23(29-26)21-13-6-12-20-19-10-3-4-14-24(19)30-25(20)21;27-26-28-24(20-8-2-1-3-9-20)17-25(29-26)21-15-13-19(14-16-21)23-12-6-10-18-7-4-5-11-22(18)23/h1-19H;1-15H;1-17H. The lowest BCUT2D eigenvalue weighted by molar-refractivity contribution is 0.670. The van der Waals surface area contributed by atoms with Crippen LogP contribution < -0.4 is 0 Å². The highest BCUT2D eigenvalue weighted by atomic mass is 79.9. The van der Waals surface area contributed by atoms with Crippen molar-refractivity contribution >= 4 is 91.3 Å². The van der Waals surface area contributed by atoms with E-state index in [-0.39, 0.29) is 0 Å². The Balaban J connectivity index is 0.000000118. The van der Waals surface area contributed by atoms with E-state index in [1.54, 1.807) is 0 Å². The van der Waals surface area contributed by atoms with E-state index in [2.05, 4.69) is 291 Å². The summed E-state index contributed by atoms with van der Waals surface area (Å²) in [7, 11) is 0. The molecule has 90 heavy (non-hydrogen) atoms. The predicted molar refractivity (Wildman–Crippen MR) is 380 cm³/mol. The van der Waals surface area contributed by atoms with Crippen molar-refractivity contribution in [1.82, 2.24) is 29.9 Å². The number of hydrogen-bond donors (Lipinski definition) is 0. The first kappa shape index (κ1) is 57.4. The van der Waals surface area contributed by atoms with Crippen LogP contribution in [0.15, 0.2) is 328 Å². The van der Waals surface area contributed by atoms with Gasteiger partial charge in [0.2, 0.25) is 0 Å². The molecule has 0 unspecified atom stereocenters. The third kappa shape index (κ3) is 12.5. The van der Waals surface area contributed by atoms with Crippen LogP contribution in [-0.4, -0.2) is 29.9 Å². The lowest BCUT2D eigenvalue weighted by Gasteiger charge is -2.12. The SMILES string of the molecule is Brc1nc(-c2cccc3ccccc23)cc(-c2cccc3c2oc2ccccc23)n1.Brc1nc(-c2ccccc2)cc(-c2cc(-c3ccccc3)cc(-c3ccccc3)c2)n1.Brc1nc(-c2ccccc2)cc(-c2ccc(-c3cccc4ccccc34)cc2)n1. The quantitative estimate of drug-likeness (QED) is 0.133. The number of aromatic nitrogens is 6. The van der Waals surface area contributed by atoms with Crippen molar-refractivity contribution < 1.29 is 4.42 Å². The summed E-state index contributed by atoms with van der Waals surface area (Å²) in [4.78, 5) is 27.8. The van der Waals surface area contributed by atoms with Crippen LogP contribution in [0.2, 0.25) is 0 Å².